The van der Waals surface area contributed by atoms with Crippen molar-refractivity contribution in [2.75, 3.05) is 19.0 Å². The van der Waals surface area contributed by atoms with Gasteiger partial charge in [-0.2, -0.15) is 0 Å². The number of ether oxygens (including phenoxy) is 2. The molecule has 1 heterocycles. The number of thioether (sulfide) groups is 1. The Morgan fingerprint density at radius 1 is 1.20 bits per heavy atom. The van der Waals surface area contributed by atoms with Crippen LogP contribution in [0.4, 0.5) is 4.39 Å². The molecule has 132 valence electrons. The second-order valence-electron chi connectivity index (χ2n) is 5.72. The molecule has 0 fully saturated rings. The zero-order chi connectivity index (χ0) is 17.6. The van der Waals surface area contributed by atoms with Gasteiger partial charge < -0.3 is 14.8 Å². The van der Waals surface area contributed by atoms with Gasteiger partial charge in [0.1, 0.15) is 19.0 Å². The zero-order valence-electron chi connectivity index (χ0n) is 14.0. The number of benzene rings is 2. The molecule has 25 heavy (non-hydrogen) atoms. The largest absolute Gasteiger partial charge is 0.486 e. The normalized spacial score (nSPS) is 14.0. The van der Waals surface area contributed by atoms with Crippen LogP contribution < -0.4 is 14.8 Å². The van der Waals surface area contributed by atoms with Crippen molar-refractivity contribution in [2.24, 2.45) is 0 Å². The average molecular weight is 361 g/mol. The third-order valence-corrected chi connectivity index (χ3v) is 4.92. The second kappa shape index (κ2) is 8.25. The van der Waals surface area contributed by atoms with E-state index in [1.54, 1.807) is 18.2 Å². The van der Waals surface area contributed by atoms with E-state index in [0.29, 0.717) is 36.0 Å². The first kappa shape index (κ1) is 17.6. The lowest BCUT2D eigenvalue weighted by Crippen LogP contribution is -2.27. The van der Waals surface area contributed by atoms with Gasteiger partial charge >= 0.3 is 0 Å². The number of amides is 1. The van der Waals surface area contributed by atoms with Crippen LogP contribution in [0.1, 0.15) is 24.9 Å². The Morgan fingerprint density at radius 2 is 1.96 bits per heavy atom. The van der Waals surface area contributed by atoms with Crippen molar-refractivity contribution in [1.29, 1.82) is 0 Å². The van der Waals surface area contributed by atoms with Gasteiger partial charge in [-0.25, -0.2) is 4.39 Å². The molecule has 3 rings (SSSR count). The highest BCUT2D eigenvalue weighted by molar-refractivity contribution is 7.99. The fraction of sp³-hybridized carbons (Fsp3) is 0.316. The van der Waals surface area contributed by atoms with Gasteiger partial charge in [-0.05, 0) is 36.8 Å². The van der Waals surface area contributed by atoms with Crippen LogP contribution in [0.2, 0.25) is 0 Å². The van der Waals surface area contributed by atoms with Gasteiger partial charge in [0.25, 0.3) is 0 Å². The van der Waals surface area contributed by atoms with E-state index < -0.39 is 0 Å². The maximum atomic E-state index is 13.5. The van der Waals surface area contributed by atoms with Crippen molar-refractivity contribution in [1.82, 2.24) is 5.32 Å². The van der Waals surface area contributed by atoms with E-state index in [1.165, 1.54) is 17.8 Å². The van der Waals surface area contributed by atoms with Crippen molar-refractivity contribution >= 4 is 17.7 Å². The predicted molar refractivity (Wildman–Crippen MR) is 95.7 cm³/mol. The van der Waals surface area contributed by atoms with E-state index in [-0.39, 0.29) is 17.8 Å². The summed E-state index contributed by atoms with van der Waals surface area (Å²) >= 11 is 1.34. The molecule has 1 atom stereocenters. The van der Waals surface area contributed by atoms with Gasteiger partial charge in [-0.3, -0.25) is 4.79 Å². The lowest BCUT2D eigenvalue weighted by atomic mass is 10.1. The molecule has 0 aliphatic carbocycles. The first-order valence-corrected chi connectivity index (χ1v) is 9.18. The molecule has 2 aromatic carbocycles. The molecular weight excluding hydrogens is 341 g/mol. The summed E-state index contributed by atoms with van der Waals surface area (Å²) in [5.74, 6) is 1.65. The molecule has 2 aromatic rings. The first-order valence-electron chi connectivity index (χ1n) is 8.20. The lowest BCUT2D eigenvalue weighted by Gasteiger charge is -2.21. The zero-order valence-corrected chi connectivity index (χ0v) is 14.8. The van der Waals surface area contributed by atoms with Gasteiger partial charge in [-0.15, -0.1) is 11.8 Å². The molecule has 1 unspecified atom stereocenters. The minimum atomic E-state index is -0.252. The molecule has 1 aliphatic rings. The number of hydrogen-bond donors (Lipinski definition) is 1. The molecule has 0 radical (unpaired) electrons. The quantitative estimate of drug-likeness (QED) is 0.792. The summed E-state index contributed by atoms with van der Waals surface area (Å²) in [6, 6.07) is 12.1. The molecule has 4 nitrogen and oxygen atoms in total. The SMILES string of the molecule is CC(NC(=O)CCSc1ccccc1F)c1ccc2c(c1)OCCO2. The number of halogens is 1. The molecular formula is C19H20FNO3S. The fourth-order valence-electron chi connectivity index (χ4n) is 2.54. The third-order valence-electron chi connectivity index (χ3n) is 3.87. The molecule has 1 N–H and O–H groups in total. The Bertz CT molecular complexity index is 753. The summed E-state index contributed by atoms with van der Waals surface area (Å²) in [7, 11) is 0. The summed E-state index contributed by atoms with van der Waals surface area (Å²) in [5, 5.41) is 2.96. The van der Waals surface area contributed by atoms with Crippen LogP contribution in [0, 0.1) is 5.82 Å². The van der Waals surface area contributed by atoms with Gasteiger partial charge in [0, 0.05) is 17.1 Å². The van der Waals surface area contributed by atoms with E-state index in [4.69, 9.17) is 9.47 Å². The maximum Gasteiger partial charge on any atom is 0.221 e. The molecule has 1 amide bonds. The average Bonchev–Trinajstić information content (AvgIpc) is 2.63. The number of hydrogen-bond acceptors (Lipinski definition) is 4. The molecule has 0 saturated heterocycles. The smallest absolute Gasteiger partial charge is 0.221 e. The van der Waals surface area contributed by atoms with E-state index >= 15 is 0 Å². The second-order valence-corrected chi connectivity index (χ2v) is 6.86. The molecule has 0 bridgehead atoms. The lowest BCUT2D eigenvalue weighted by molar-refractivity contribution is -0.121. The van der Waals surface area contributed by atoms with Crippen LogP contribution in [0.3, 0.4) is 0 Å². The van der Waals surface area contributed by atoms with Gasteiger partial charge in [0.05, 0.1) is 6.04 Å². The van der Waals surface area contributed by atoms with Crippen molar-refractivity contribution < 1.29 is 18.7 Å². The van der Waals surface area contributed by atoms with Crippen molar-refractivity contribution in [2.45, 2.75) is 24.3 Å². The van der Waals surface area contributed by atoms with Crippen LogP contribution in [-0.2, 0) is 4.79 Å². The van der Waals surface area contributed by atoms with E-state index in [0.717, 1.165) is 11.3 Å². The number of fused-ring (bicyclic) bond motifs is 1. The maximum absolute atomic E-state index is 13.5. The van der Waals surface area contributed by atoms with E-state index in [2.05, 4.69) is 5.32 Å². The topological polar surface area (TPSA) is 47.6 Å². The molecule has 0 saturated carbocycles. The monoisotopic (exact) mass is 361 g/mol. The molecule has 1 aliphatic heterocycles. The highest BCUT2D eigenvalue weighted by Gasteiger charge is 2.15. The summed E-state index contributed by atoms with van der Waals surface area (Å²) < 4.78 is 24.6. The van der Waals surface area contributed by atoms with Crippen LogP contribution in [0.5, 0.6) is 11.5 Å². The fourth-order valence-corrected chi connectivity index (χ4v) is 3.43. The first-order chi connectivity index (χ1) is 12.1. The summed E-state index contributed by atoms with van der Waals surface area (Å²) in [5.41, 5.74) is 0.958. The Morgan fingerprint density at radius 3 is 2.76 bits per heavy atom. The Labute approximate surface area is 150 Å². The van der Waals surface area contributed by atoms with Crippen molar-refractivity contribution in [3.63, 3.8) is 0 Å². The van der Waals surface area contributed by atoms with E-state index in [1.807, 2.05) is 25.1 Å². The highest BCUT2D eigenvalue weighted by Crippen LogP contribution is 2.32. The third kappa shape index (κ3) is 4.66. The van der Waals surface area contributed by atoms with E-state index in [9.17, 15) is 9.18 Å². The van der Waals surface area contributed by atoms with Crippen LogP contribution in [0.25, 0.3) is 0 Å². The molecule has 6 heteroatoms. The standard InChI is InChI=1S/C19H20FNO3S/c1-13(14-6-7-16-17(12-14)24-10-9-23-16)21-19(22)8-11-25-18-5-3-2-4-15(18)20/h2-7,12-13H,8-11H2,1H3,(H,21,22). The molecule has 0 spiro atoms. The predicted octanol–water partition coefficient (Wildman–Crippen LogP) is 3.96. The van der Waals surface area contributed by atoms with Crippen molar-refractivity contribution in [3.8, 4) is 11.5 Å². The van der Waals surface area contributed by atoms with Gasteiger partial charge in [0.2, 0.25) is 5.91 Å². The Kier molecular flexibility index (Phi) is 5.81. The minimum absolute atomic E-state index is 0.0637. The number of nitrogens with one attached hydrogen (secondary N) is 1. The van der Waals surface area contributed by atoms with Gasteiger partial charge in [0.15, 0.2) is 11.5 Å². The Hall–Kier alpha value is -2.21. The summed E-state index contributed by atoms with van der Waals surface area (Å²) in [6.45, 7) is 3.01. The number of rotatable bonds is 6. The van der Waals surface area contributed by atoms with Crippen LogP contribution in [-0.4, -0.2) is 24.9 Å². The highest BCUT2D eigenvalue weighted by atomic mass is 32.2. The number of carbonyl (C=O) groups is 1. The summed E-state index contributed by atoms with van der Waals surface area (Å²) in [4.78, 5) is 12.7. The van der Waals surface area contributed by atoms with Gasteiger partial charge in [-0.1, -0.05) is 18.2 Å². The molecule has 0 aromatic heterocycles. The minimum Gasteiger partial charge on any atom is -0.486 e. The van der Waals surface area contributed by atoms with Crippen LogP contribution >= 0.6 is 11.8 Å². The Balaban J connectivity index is 1.50. The number of carbonyl (C=O) groups excluding carboxylic acids is 1. The van der Waals surface area contributed by atoms with Crippen molar-refractivity contribution in [3.05, 3.63) is 53.8 Å². The summed E-state index contributed by atoms with van der Waals surface area (Å²) in [6.07, 6.45) is 0.327. The van der Waals surface area contributed by atoms with Crippen LogP contribution in [0.15, 0.2) is 47.4 Å².